The molecule has 2 saturated heterocycles. The third-order valence-electron chi connectivity index (χ3n) is 5.84. The number of amides is 2. The van der Waals surface area contributed by atoms with Gasteiger partial charge in [0.2, 0.25) is 17.8 Å². The quantitative estimate of drug-likeness (QED) is 0.302. The van der Waals surface area contributed by atoms with Crippen LogP contribution in [0, 0.1) is 11.5 Å². The monoisotopic (exact) mass is 421 g/mol. The number of likely N-dealkylation sites (tertiary alicyclic amines) is 2. The van der Waals surface area contributed by atoms with Gasteiger partial charge in [0, 0.05) is 36.7 Å². The van der Waals surface area contributed by atoms with Crippen LogP contribution >= 0.6 is 0 Å². The lowest BCUT2D eigenvalue weighted by atomic mass is 10.1. The molecule has 0 spiro atoms. The number of aliphatic imine (C=N–C) groups is 1. The number of hydrogen-bond acceptors (Lipinski definition) is 4. The molecule has 31 heavy (non-hydrogen) atoms. The van der Waals surface area contributed by atoms with E-state index in [9.17, 15) is 14.9 Å². The number of anilines is 1. The molecule has 0 bridgehead atoms. The number of benzene rings is 1. The molecule has 4 rings (SSSR count). The molecule has 1 aromatic heterocycles. The Labute approximate surface area is 181 Å². The molecule has 0 radical (unpaired) electrons. The van der Waals surface area contributed by atoms with E-state index in [-0.39, 0.29) is 24.3 Å². The number of nitrogens with zero attached hydrogens (tertiary/aromatic N) is 4. The van der Waals surface area contributed by atoms with E-state index in [2.05, 4.69) is 20.6 Å². The molecule has 2 fully saturated rings. The Balaban J connectivity index is 1.51. The van der Waals surface area contributed by atoms with E-state index in [4.69, 9.17) is 0 Å². The second kappa shape index (κ2) is 9.51. The number of hydrogen-bond donors (Lipinski definition) is 3. The number of nitriles is 1. The van der Waals surface area contributed by atoms with E-state index in [1.165, 1.54) is 0 Å². The van der Waals surface area contributed by atoms with Crippen LogP contribution in [0.15, 0.2) is 35.5 Å². The highest BCUT2D eigenvalue weighted by Gasteiger charge is 2.30. The standard InChI is InChI=1S/C22H27N7O2/c23-15-25-22(26-18-8-5-7-17-16(18)9-10-24-17)27-19-6-1-2-13-29(21(19)31)14-20(30)28-11-3-4-12-28/h5,7-10,19,24H,1-4,6,11-14H2,(H2,25,26,27). The maximum atomic E-state index is 13.2. The number of guanidine groups is 1. The second-order valence-corrected chi connectivity index (χ2v) is 7.94. The van der Waals surface area contributed by atoms with Crippen molar-refractivity contribution in [2.45, 2.75) is 38.1 Å². The third-order valence-corrected chi connectivity index (χ3v) is 5.84. The highest BCUT2D eigenvalue weighted by Crippen LogP contribution is 2.22. The minimum Gasteiger partial charge on any atom is -0.361 e. The highest BCUT2D eigenvalue weighted by atomic mass is 16.2. The Morgan fingerprint density at radius 1 is 1.19 bits per heavy atom. The van der Waals surface area contributed by atoms with Crippen molar-refractivity contribution in [2.75, 3.05) is 31.5 Å². The zero-order valence-corrected chi connectivity index (χ0v) is 17.4. The summed E-state index contributed by atoms with van der Waals surface area (Å²) >= 11 is 0. The van der Waals surface area contributed by atoms with Gasteiger partial charge in [-0.2, -0.15) is 5.26 Å². The Hall–Kier alpha value is -3.54. The average molecular weight is 422 g/mol. The van der Waals surface area contributed by atoms with Crippen LogP contribution in [-0.4, -0.2) is 64.8 Å². The molecule has 9 nitrogen and oxygen atoms in total. The minimum absolute atomic E-state index is 0.00288. The summed E-state index contributed by atoms with van der Waals surface area (Å²) in [4.78, 5) is 36.9. The number of carbonyl (C=O) groups excluding carboxylic acids is 2. The summed E-state index contributed by atoms with van der Waals surface area (Å²) in [6.07, 6.45) is 8.04. The predicted octanol–water partition coefficient (Wildman–Crippen LogP) is 2.01. The molecule has 3 heterocycles. The number of rotatable bonds is 4. The van der Waals surface area contributed by atoms with Crippen LogP contribution in [0.4, 0.5) is 5.69 Å². The number of aromatic amines is 1. The SMILES string of the molecule is N#CNC(=NC1CCCCN(CC(=O)N2CCCC2)C1=O)Nc1cccc2[nH]ccc12. The van der Waals surface area contributed by atoms with E-state index >= 15 is 0 Å². The van der Waals surface area contributed by atoms with Gasteiger partial charge < -0.3 is 20.1 Å². The van der Waals surface area contributed by atoms with Gasteiger partial charge in [0.15, 0.2) is 6.19 Å². The van der Waals surface area contributed by atoms with Gasteiger partial charge in [0.1, 0.15) is 6.04 Å². The Morgan fingerprint density at radius 2 is 2.00 bits per heavy atom. The van der Waals surface area contributed by atoms with Crippen molar-refractivity contribution in [1.29, 1.82) is 5.26 Å². The second-order valence-electron chi connectivity index (χ2n) is 7.94. The summed E-state index contributed by atoms with van der Waals surface area (Å²) in [5.41, 5.74) is 1.74. The molecule has 2 aliphatic heterocycles. The lowest BCUT2D eigenvalue weighted by Crippen LogP contribution is -2.45. The topological polar surface area (TPSA) is 117 Å². The van der Waals surface area contributed by atoms with Gasteiger partial charge in [0.25, 0.3) is 0 Å². The van der Waals surface area contributed by atoms with Gasteiger partial charge in [-0.15, -0.1) is 0 Å². The van der Waals surface area contributed by atoms with Crippen molar-refractivity contribution in [2.24, 2.45) is 4.99 Å². The normalized spacial score (nSPS) is 19.9. The molecule has 1 atom stereocenters. The van der Waals surface area contributed by atoms with Crippen LogP contribution in [0.25, 0.3) is 10.9 Å². The van der Waals surface area contributed by atoms with E-state index in [0.717, 1.165) is 55.4 Å². The lowest BCUT2D eigenvalue weighted by Gasteiger charge is -2.25. The van der Waals surface area contributed by atoms with Crippen molar-refractivity contribution < 1.29 is 9.59 Å². The van der Waals surface area contributed by atoms with Crippen molar-refractivity contribution in [3.63, 3.8) is 0 Å². The zero-order chi connectivity index (χ0) is 21.6. The first-order valence-corrected chi connectivity index (χ1v) is 10.8. The first-order valence-electron chi connectivity index (χ1n) is 10.8. The molecule has 2 aromatic rings. The smallest absolute Gasteiger partial charge is 0.247 e. The molecule has 9 heteroatoms. The summed E-state index contributed by atoms with van der Waals surface area (Å²) in [7, 11) is 0. The van der Waals surface area contributed by atoms with E-state index in [1.54, 1.807) is 4.90 Å². The van der Waals surface area contributed by atoms with Crippen molar-refractivity contribution in [1.82, 2.24) is 20.1 Å². The number of aromatic nitrogens is 1. The Kier molecular flexibility index (Phi) is 6.36. The number of fused-ring (bicyclic) bond motifs is 1. The van der Waals surface area contributed by atoms with E-state index in [1.807, 2.05) is 41.6 Å². The lowest BCUT2D eigenvalue weighted by molar-refractivity contribution is -0.140. The van der Waals surface area contributed by atoms with Crippen molar-refractivity contribution in [3.8, 4) is 6.19 Å². The highest BCUT2D eigenvalue weighted by molar-refractivity contribution is 6.03. The van der Waals surface area contributed by atoms with Crippen molar-refractivity contribution >= 4 is 34.4 Å². The third kappa shape index (κ3) is 4.79. The van der Waals surface area contributed by atoms with Crippen molar-refractivity contribution in [3.05, 3.63) is 30.5 Å². The molecule has 162 valence electrons. The van der Waals surface area contributed by atoms with Crippen LogP contribution in [0.5, 0.6) is 0 Å². The first kappa shape index (κ1) is 20.7. The van der Waals surface area contributed by atoms with Gasteiger partial charge in [-0.05, 0) is 50.3 Å². The van der Waals surface area contributed by atoms with Gasteiger partial charge >= 0.3 is 0 Å². The summed E-state index contributed by atoms with van der Waals surface area (Å²) in [6.45, 7) is 2.20. The minimum atomic E-state index is -0.636. The number of nitrogens with one attached hydrogen (secondary N) is 3. The molecule has 0 saturated carbocycles. The fourth-order valence-corrected chi connectivity index (χ4v) is 4.22. The van der Waals surface area contributed by atoms with Crippen LogP contribution in [-0.2, 0) is 9.59 Å². The van der Waals surface area contributed by atoms with E-state index < -0.39 is 6.04 Å². The summed E-state index contributed by atoms with van der Waals surface area (Å²) in [5.74, 6) is 0.0642. The Bertz CT molecular complexity index is 1020. The largest absolute Gasteiger partial charge is 0.361 e. The fraction of sp³-hybridized carbons (Fsp3) is 0.455. The van der Waals surface area contributed by atoms with Gasteiger partial charge in [-0.25, -0.2) is 4.99 Å². The molecule has 3 N–H and O–H groups in total. The molecule has 1 unspecified atom stereocenters. The molecular weight excluding hydrogens is 394 g/mol. The van der Waals surface area contributed by atoms with Gasteiger partial charge in [0.05, 0.1) is 12.2 Å². The number of H-pyrrole nitrogens is 1. The Morgan fingerprint density at radius 3 is 2.81 bits per heavy atom. The molecule has 1 aromatic carbocycles. The first-order chi connectivity index (χ1) is 15.2. The van der Waals surface area contributed by atoms with Crippen LogP contribution in [0.1, 0.15) is 32.1 Å². The zero-order valence-electron chi connectivity index (χ0n) is 17.4. The molecule has 0 aliphatic carbocycles. The van der Waals surface area contributed by atoms with Gasteiger partial charge in [-0.1, -0.05) is 6.07 Å². The predicted molar refractivity (Wildman–Crippen MR) is 118 cm³/mol. The van der Waals surface area contributed by atoms with Crippen LogP contribution in [0.2, 0.25) is 0 Å². The fourth-order valence-electron chi connectivity index (χ4n) is 4.22. The maximum absolute atomic E-state index is 13.2. The molecular formula is C22H27N7O2. The summed E-state index contributed by atoms with van der Waals surface area (Å²) in [5, 5.41) is 15.9. The number of carbonyl (C=O) groups is 2. The van der Waals surface area contributed by atoms with Crippen LogP contribution < -0.4 is 10.6 Å². The average Bonchev–Trinajstić information content (AvgIpc) is 3.44. The molecule has 2 aliphatic rings. The maximum Gasteiger partial charge on any atom is 0.247 e. The van der Waals surface area contributed by atoms with Gasteiger partial charge in [-0.3, -0.25) is 14.9 Å². The summed E-state index contributed by atoms with van der Waals surface area (Å²) in [6, 6.07) is 7.04. The van der Waals surface area contributed by atoms with Crippen LogP contribution in [0.3, 0.4) is 0 Å². The summed E-state index contributed by atoms with van der Waals surface area (Å²) < 4.78 is 0. The van der Waals surface area contributed by atoms with E-state index in [0.29, 0.717) is 13.0 Å². The molecule has 2 amide bonds.